The van der Waals surface area contributed by atoms with Gasteiger partial charge in [0.25, 0.3) is 11.1 Å². The summed E-state index contributed by atoms with van der Waals surface area (Å²) in [5, 5.41) is 0.608. The maximum Gasteiger partial charge on any atom is 0.416 e. The molecule has 2 heterocycles. The molecule has 0 saturated carbocycles. The smallest absolute Gasteiger partial charge is 0.416 e. The highest BCUT2D eigenvalue weighted by Crippen LogP contribution is 2.32. The molecule has 0 atom stereocenters. The number of para-hydroxylation sites is 1. The second kappa shape index (κ2) is 7.67. The fourth-order valence-electron chi connectivity index (χ4n) is 3.45. The number of nitrogens with zero attached hydrogens (tertiary/aromatic N) is 2. The van der Waals surface area contributed by atoms with E-state index in [-0.39, 0.29) is 17.6 Å². The minimum Gasteiger partial charge on any atom is -0.467 e. The van der Waals surface area contributed by atoms with Gasteiger partial charge in [-0.1, -0.05) is 29.5 Å². The van der Waals surface area contributed by atoms with Gasteiger partial charge in [0.1, 0.15) is 6.10 Å². The van der Waals surface area contributed by atoms with Crippen molar-refractivity contribution in [3.05, 3.63) is 59.2 Å². The Bertz CT molecular complexity index is 1040. The molecule has 0 aliphatic carbocycles. The van der Waals surface area contributed by atoms with Crippen LogP contribution in [0.1, 0.15) is 34.3 Å². The molecule has 1 fully saturated rings. The molecular weight excluding hydrogens is 401 g/mol. The third-order valence-corrected chi connectivity index (χ3v) is 5.95. The van der Waals surface area contributed by atoms with Gasteiger partial charge in [-0.2, -0.15) is 13.2 Å². The van der Waals surface area contributed by atoms with Crippen LogP contribution in [0.5, 0.6) is 5.19 Å². The maximum atomic E-state index is 12.9. The molecule has 0 N–H and O–H groups in total. The maximum absolute atomic E-state index is 12.9. The van der Waals surface area contributed by atoms with Crippen LogP contribution in [-0.4, -0.2) is 35.0 Å². The Balaban J connectivity index is 1.39. The van der Waals surface area contributed by atoms with Crippen LogP contribution in [0.3, 0.4) is 0 Å². The zero-order valence-corrected chi connectivity index (χ0v) is 16.5. The van der Waals surface area contributed by atoms with Crippen LogP contribution >= 0.6 is 11.3 Å². The molecule has 0 radical (unpaired) electrons. The van der Waals surface area contributed by atoms with Crippen molar-refractivity contribution in [2.24, 2.45) is 0 Å². The number of halogens is 3. The van der Waals surface area contributed by atoms with Crippen LogP contribution in [-0.2, 0) is 6.18 Å². The quantitative estimate of drug-likeness (QED) is 0.577. The highest BCUT2D eigenvalue weighted by molar-refractivity contribution is 7.20. The number of amides is 1. The lowest BCUT2D eigenvalue weighted by atomic mass is 10.0. The molecule has 4 nitrogen and oxygen atoms in total. The van der Waals surface area contributed by atoms with Crippen molar-refractivity contribution in [1.29, 1.82) is 0 Å². The van der Waals surface area contributed by atoms with E-state index >= 15 is 0 Å². The number of aromatic nitrogens is 1. The van der Waals surface area contributed by atoms with Crippen LogP contribution in [0.25, 0.3) is 10.2 Å². The number of hydrogen-bond donors (Lipinski definition) is 0. The highest BCUT2D eigenvalue weighted by atomic mass is 32.1. The van der Waals surface area contributed by atoms with Gasteiger partial charge in [-0.15, -0.1) is 0 Å². The fourth-order valence-corrected chi connectivity index (χ4v) is 4.41. The summed E-state index contributed by atoms with van der Waals surface area (Å²) in [5.41, 5.74) is 1.27. The molecule has 1 amide bonds. The Morgan fingerprint density at radius 2 is 1.90 bits per heavy atom. The van der Waals surface area contributed by atoms with Crippen molar-refractivity contribution in [1.82, 2.24) is 9.88 Å². The van der Waals surface area contributed by atoms with E-state index in [1.807, 2.05) is 25.1 Å². The highest BCUT2D eigenvalue weighted by Gasteiger charge is 2.32. The number of likely N-dealkylation sites (tertiary alicyclic amines) is 1. The minimum atomic E-state index is -4.47. The summed E-state index contributed by atoms with van der Waals surface area (Å²) in [6.07, 6.45) is -3.31. The Labute approximate surface area is 169 Å². The monoisotopic (exact) mass is 420 g/mol. The van der Waals surface area contributed by atoms with Crippen molar-refractivity contribution in [3.63, 3.8) is 0 Å². The summed E-state index contributed by atoms with van der Waals surface area (Å²) in [4.78, 5) is 18.7. The summed E-state index contributed by atoms with van der Waals surface area (Å²) in [6.45, 7) is 2.87. The van der Waals surface area contributed by atoms with Gasteiger partial charge in [0.05, 0.1) is 15.8 Å². The number of carbonyl (C=O) groups is 1. The van der Waals surface area contributed by atoms with Crippen LogP contribution < -0.4 is 4.74 Å². The van der Waals surface area contributed by atoms with Crippen molar-refractivity contribution in [2.75, 3.05) is 13.1 Å². The first-order chi connectivity index (χ1) is 13.8. The van der Waals surface area contributed by atoms with Crippen molar-refractivity contribution in [3.8, 4) is 5.19 Å². The Morgan fingerprint density at radius 1 is 1.17 bits per heavy atom. The predicted octanol–water partition coefficient (Wildman–Crippen LogP) is 5.31. The molecule has 1 saturated heterocycles. The number of piperidine rings is 1. The number of thiazole rings is 1. The van der Waals surface area contributed by atoms with E-state index in [1.54, 1.807) is 4.90 Å². The zero-order valence-electron chi connectivity index (χ0n) is 15.7. The van der Waals surface area contributed by atoms with E-state index in [9.17, 15) is 18.0 Å². The van der Waals surface area contributed by atoms with Crippen LogP contribution in [0.15, 0.2) is 42.5 Å². The number of fused-ring (bicyclic) bond motifs is 1. The lowest BCUT2D eigenvalue weighted by Gasteiger charge is -2.31. The summed E-state index contributed by atoms with van der Waals surface area (Å²) in [6, 6.07) is 10.6. The zero-order chi connectivity index (χ0) is 20.6. The SMILES string of the molecule is Cc1cccc2sc(OC3CCN(C(=O)c4cccc(C(F)(F)F)c4)CC3)nc12. The first-order valence-corrected chi connectivity index (χ1v) is 10.1. The molecule has 29 heavy (non-hydrogen) atoms. The van der Waals surface area contributed by atoms with E-state index in [0.29, 0.717) is 31.1 Å². The van der Waals surface area contributed by atoms with Gasteiger partial charge in [-0.3, -0.25) is 4.79 Å². The third kappa shape index (κ3) is 4.22. The Morgan fingerprint density at radius 3 is 2.59 bits per heavy atom. The lowest BCUT2D eigenvalue weighted by Crippen LogP contribution is -2.41. The largest absolute Gasteiger partial charge is 0.467 e. The normalized spacial score (nSPS) is 15.7. The molecule has 1 aliphatic heterocycles. The molecule has 0 unspecified atom stereocenters. The second-order valence-corrected chi connectivity index (χ2v) is 8.08. The number of carbonyl (C=O) groups excluding carboxylic acids is 1. The van der Waals surface area contributed by atoms with Gasteiger partial charge >= 0.3 is 6.18 Å². The topological polar surface area (TPSA) is 42.4 Å². The number of alkyl halides is 3. The van der Waals surface area contributed by atoms with Gasteiger partial charge in [0.2, 0.25) is 0 Å². The standard InChI is InChI=1S/C21H19F3N2O2S/c1-13-4-2-7-17-18(13)25-20(29-17)28-16-8-10-26(11-9-16)19(27)14-5-3-6-15(12-14)21(22,23)24/h2-7,12,16H,8-11H2,1H3. The van der Waals surface area contributed by atoms with E-state index < -0.39 is 11.7 Å². The number of benzene rings is 2. The third-order valence-electron chi connectivity index (χ3n) is 5.03. The summed E-state index contributed by atoms with van der Waals surface area (Å²) < 4.78 is 45.7. The minimum absolute atomic E-state index is 0.0563. The summed E-state index contributed by atoms with van der Waals surface area (Å²) >= 11 is 1.49. The number of hydrogen-bond acceptors (Lipinski definition) is 4. The second-order valence-electron chi connectivity index (χ2n) is 7.09. The first-order valence-electron chi connectivity index (χ1n) is 9.30. The molecule has 0 spiro atoms. The Kier molecular flexibility index (Phi) is 5.21. The average molecular weight is 420 g/mol. The Hall–Kier alpha value is -2.61. The van der Waals surface area contributed by atoms with Gasteiger partial charge in [0, 0.05) is 31.5 Å². The van der Waals surface area contributed by atoms with Gasteiger partial charge in [-0.25, -0.2) is 4.98 Å². The van der Waals surface area contributed by atoms with Gasteiger partial charge < -0.3 is 9.64 Å². The summed E-state index contributed by atoms with van der Waals surface area (Å²) in [7, 11) is 0. The lowest BCUT2D eigenvalue weighted by molar-refractivity contribution is -0.137. The molecule has 2 aromatic carbocycles. The molecule has 8 heteroatoms. The molecule has 0 bridgehead atoms. The van der Waals surface area contributed by atoms with Crippen LogP contribution in [0.4, 0.5) is 13.2 Å². The van der Waals surface area contributed by atoms with Crippen molar-refractivity contribution in [2.45, 2.75) is 32.0 Å². The van der Waals surface area contributed by atoms with Crippen LogP contribution in [0, 0.1) is 6.92 Å². The van der Waals surface area contributed by atoms with E-state index in [1.165, 1.54) is 23.5 Å². The molecule has 1 aromatic heterocycles. The first kappa shape index (κ1) is 19.7. The van der Waals surface area contributed by atoms with E-state index in [4.69, 9.17) is 4.74 Å². The van der Waals surface area contributed by atoms with Crippen molar-refractivity contribution < 1.29 is 22.7 Å². The average Bonchev–Trinajstić information content (AvgIpc) is 3.11. The number of ether oxygens (including phenoxy) is 1. The van der Waals surface area contributed by atoms with E-state index in [2.05, 4.69) is 4.98 Å². The van der Waals surface area contributed by atoms with Crippen molar-refractivity contribution >= 4 is 27.5 Å². The molecule has 4 rings (SSSR count). The van der Waals surface area contributed by atoms with E-state index in [0.717, 1.165) is 27.9 Å². The number of rotatable bonds is 3. The predicted molar refractivity (Wildman–Crippen MR) is 105 cm³/mol. The van der Waals surface area contributed by atoms with Gasteiger partial charge in [0.15, 0.2) is 0 Å². The molecule has 152 valence electrons. The number of aryl methyl sites for hydroxylation is 1. The van der Waals surface area contributed by atoms with Crippen LogP contribution in [0.2, 0.25) is 0 Å². The molecular formula is C21H19F3N2O2S. The molecule has 3 aromatic rings. The fraction of sp³-hybridized carbons (Fsp3) is 0.333. The molecule has 1 aliphatic rings. The van der Waals surface area contributed by atoms with Gasteiger partial charge in [-0.05, 0) is 36.8 Å². The summed E-state index contributed by atoms with van der Waals surface area (Å²) in [5.74, 6) is -0.384.